The Hall–Kier alpha value is -13.2. The molecule has 0 saturated heterocycles. The minimum atomic E-state index is -0.526. The Kier molecular flexibility index (Phi) is 17.4. The summed E-state index contributed by atoms with van der Waals surface area (Å²) in [5.74, 6) is 4.10. The molecule has 4 aliphatic carbocycles. The first-order chi connectivity index (χ1) is 60.0. The standard InChI is InChI=1S/C29H17ClN2S.C29H17ClO.C27H17ClS.C26H14ClNO/c30-19-16-31-28(32-17-19)18-13-14-27-25(15-18)29(24-11-5-6-12-26(24)33-27)22-9-3-1-7-20(22)21-8-2-4-10-23(21)29;30-20-13-14-27-26(17-20)29(25-15-18-7-1-2-8-19(18)16-28(25)31-27)23-11-5-3-9-21(23)22-10-4-6-12-24(22)29;1-2-17-11-13-23-26(15-17)29-25-14-12-18(28)16-24(25)27(23)21-9-5-3-7-19(21)20-8-4-6-10-22(20)27;1-28-17-11-12-21-19(15-17)18-6-2-3-7-20(18)26(21)22-8-4-5-9-24(22)29-25-13-10-16(27)14-23(25)26/h1-17H;1-17H;2-16H,1H2;2-15H. The molecule has 26 rings (SSSR count). The van der Waals surface area contributed by atoms with E-state index in [0.29, 0.717) is 26.6 Å². The van der Waals surface area contributed by atoms with Crippen molar-refractivity contribution in [3.63, 3.8) is 0 Å². The number of ether oxygens (including phenoxy) is 2. The van der Waals surface area contributed by atoms with Gasteiger partial charge in [-0.3, -0.25) is 0 Å². The van der Waals surface area contributed by atoms with Crippen LogP contribution in [0.15, 0.2) is 403 Å². The Morgan fingerprint density at radius 1 is 0.279 bits per heavy atom. The normalized spacial score (nSPS) is 15.2. The van der Waals surface area contributed by atoms with Crippen LogP contribution in [0, 0.1) is 6.57 Å². The van der Waals surface area contributed by atoms with Crippen LogP contribution in [0.25, 0.3) is 77.6 Å². The van der Waals surface area contributed by atoms with E-state index in [1.807, 2.05) is 96.3 Å². The molecule has 11 heteroatoms. The first-order valence-corrected chi connectivity index (χ1v) is 43.6. The zero-order chi connectivity index (χ0) is 81.7. The fraction of sp³-hybridized carbons (Fsp3) is 0.0360. The van der Waals surface area contributed by atoms with Gasteiger partial charge in [-0.2, -0.15) is 0 Å². The third kappa shape index (κ3) is 10.8. The van der Waals surface area contributed by atoms with Crippen molar-refractivity contribution in [2.45, 2.75) is 41.2 Å². The second-order valence-electron chi connectivity index (χ2n) is 31.6. The highest BCUT2D eigenvalue weighted by Gasteiger charge is 2.56. The van der Waals surface area contributed by atoms with Crippen molar-refractivity contribution in [2.24, 2.45) is 0 Å². The topological polar surface area (TPSA) is 48.6 Å². The third-order valence-corrected chi connectivity index (χ3v) is 28.9. The minimum absolute atomic E-state index is 0.353. The Morgan fingerprint density at radius 2 is 0.639 bits per heavy atom. The molecule has 4 aliphatic heterocycles. The number of nitrogens with zero attached hydrogens (tertiary/aromatic N) is 3. The summed E-state index contributed by atoms with van der Waals surface area (Å²) in [6, 6.07) is 129. The Bertz CT molecular complexity index is 7420. The molecule has 5 nitrogen and oxygen atoms in total. The summed E-state index contributed by atoms with van der Waals surface area (Å²) in [5.41, 5.74) is 30.8. The highest BCUT2D eigenvalue weighted by Crippen LogP contribution is 2.68. The van der Waals surface area contributed by atoms with E-state index >= 15 is 0 Å². The SMILES string of the molecule is C=Cc1ccc2c(c1)Sc1ccc(Cl)cc1C21c2ccccc2-c2ccccc21.Clc1ccc2c(c1)C1(c3cc4ccccc4cc3O2)c2ccccc2-c2ccccc21.Clc1cnc(-c2ccc3c(c2)C2(c4ccccc4S3)c3ccccc3-c3ccccc32)nc1.[C-]#[N+]c1ccc2c(c1)-c1ccccc1C21c2ccccc2Oc2ccc(Cl)cc21. The van der Waals surface area contributed by atoms with E-state index in [0.717, 1.165) is 72.5 Å². The summed E-state index contributed by atoms with van der Waals surface area (Å²) in [4.78, 5) is 17.8. The van der Waals surface area contributed by atoms with Crippen LogP contribution < -0.4 is 9.47 Å². The molecule has 576 valence electrons. The first kappa shape index (κ1) is 73.9. The number of rotatable bonds is 2. The zero-order valence-electron chi connectivity index (χ0n) is 65.1. The molecule has 122 heavy (non-hydrogen) atoms. The molecule has 18 aromatic rings. The van der Waals surface area contributed by atoms with E-state index in [2.05, 4.69) is 319 Å². The van der Waals surface area contributed by atoms with Crippen LogP contribution in [-0.4, -0.2) is 9.97 Å². The van der Waals surface area contributed by atoms with E-state index in [1.165, 1.54) is 130 Å². The predicted octanol–water partition coefficient (Wildman–Crippen LogP) is 30.8. The predicted molar refractivity (Wildman–Crippen MR) is 498 cm³/mol. The molecule has 8 aliphatic rings. The molecular formula is C111H65Cl4N3O2S2. The second kappa shape index (κ2) is 28.7. The van der Waals surface area contributed by atoms with Gasteiger partial charge in [0.1, 0.15) is 23.0 Å². The smallest absolute Gasteiger partial charge is 0.187 e. The van der Waals surface area contributed by atoms with Gasteiger partial charge in [-0.1, -0.05) is 343 Å². The average molecular weight is 1680 g/mol. The maximum atomic E-state index is 7.48. The average Bonchev–Trinajstić information content (AvgIpc) is 1.51. The molecule has 0 saturated carbocycles. The van der Waals surface area contributed by atoms with Gasteiger partial charge in [-0.25, -0.2) is 14.8 Å². The summed E-state index contributed by atoms with van der Waals surface area (Å²) in [7, 11) is 0. The van der Waals surface area contributed by atoms with Crippen LogP contribution in [-0.2, 0) is 21.7 Å². The van der Waals surface area contributed by atoms with Gasteiger partial charge in [0.25, 0.3) is 0 Å². The second-order valence-corrected chi connectivity index (χ2v) is 35.5. The van der Waals surface area contributed by atoms with Crippen molar-refractivity contribution in [2.75, 3.05) is 0 Å². The highest BCUT2D eigenvalue weighted by molar-refractivity contribution is 7.99. The lowest BCUT2D eigenvalue weighted by Crippen LogP contribution is -2.32. The van der Waals surface area contributed by atoms with Crippen LogP contribution in [0.4, 0.5) is 5.69 Å². The monoisotopic (exact) mass is 1680 g/mol. The van der Waals surface area contributed by atoms with Crippen molar-refractivity contribution >= 4 is 92.5 Å². The van der Waals surface area contributed by atoms with Crippen LogP contribution in [0.1, 0.15) is 94.6 Å². The van der Waals surface area contributed by atoms with Gasteiger partial charge >= 0.3 is 0 Å². The summed E-state index contributed by atoms with van der Waals surface area (Å²) in [5, 5.41) is 5.08. The number of fused-ring (bicyclic) bond motifs is 37. The van der Waals surface area contributed by atoms with Gasteiger partial charge in [0.05, 0.1) is 33.3 Å². The molecule has 0 N–H and O–H groups in total. The Balaban J connectivity index is 0.0000000946. The number of para-hydroxylation sites is 1. The minimum Gasteiger partial charge on any atom is -0.457 e. The fourth-order valence-corrected chi connectivity index (χ4v) is 24.0. The molecule has 1 aromatic heterocycles. The number of hydrogen-bond acceptors (Lipinski definition) is 6. The summed E-state index contributed by atoms with van der Waals surface area (Å²) in [6.07, 6.45) is 5.23. The molecule has 0 bridgehead atoms. The lowest BCUT2D eigenvalue weighted by Gasteiger charge is -2.39. The lowest BCUT2D eigenvalue weighted by molar-refractivity contribution is 0.436. The van der Waals surface area contributed by atoms with Crippen LogP contribution in [0.3, 0.4) is 0 Å². The molecular weight excluding hydrogens is 1610 g/mol. The van der Waals surface area contributed by atoms with Crippen LogP contribution in [0.2, 0.25) is 20.1 Å². The molecule has 0 fully saturated rings. The molecule has 17 aromatic carbocycles. The van der Waals surface area contributed by atoms with E-state index in [9.17, 15) is 0 Å². The highest BCUT2D eigenvalue weighted by atomic mass is 35.5. The molecule has 0 radical (unpaired) electrons. The van der Waals surface area contributed by atoms with Crippen LogP contribution in [0.5, 0.6) is 23.0 Å². The largest absolute Gasteiger partial charge is 0.457 e. The van der Waals surface area contributed by atoms with Crippen molar-refractivity contribution in [1.82, 2.24) is 9.97 Å². The van der Waals surface area contributed by atoms with Crippen molar-refractivity contribution in [3.05, 3.63) is 509 Å². The van der Waals surface area contributed by atoms with E-state index in [-0.39, 0.29) is 10.8 Å². The quantitative estimate of drug-likeness (QED) is 0.161. The van der Waals surface area contributed by atoms with E-state index in [4.69, 9.17) is 62.4 Å². The maximum absolute atomic E-state index is 7.48. The van der Waals surface area contributed by atoms with Gasteiger partial charge in [-0.15, -0.1) is 0 Å². The number of hydrogen-bond donors (Lipinski definition) is 0. The van der Waals surface area contributed by atoms with Crippen molar-refractivity contribution < 1.29 is 9.47 Å². The summed E-state index contributed by atoms with van der Waals surface area (Å²) in [6.45, 7) is 11.4. The van der Waals surface area contributed by atoms with Gasteiger partial charge < -0.3 is 9.47 Å². The third-order valence-electron chi connectivity index (χ3n) is 25.7. The fourth-order valence-electron chi connectivity index (χ4n) is 21.0. The molecule has 1 unspecified atom stereocenters. The number of halogens is 4. The molecule has 1 atom stereocenters. The Labute approximate surface area is 735 Å². The van der Waals surface area contributed by atoms with E-state index < -0.39 is 10.8 Å². The Morgan fingerprint density at radius 3 is 1.16 bits per heavy atom. The summed E-state index contributed by atoms with van der Waals surface area (Å²) >= 11 is 29.3. The van der Waals surface area contributed by atoms with Gasteiger partial charge in [-0.05, 0) is 231 Å². The van der Waals surface area contributed by atoms with Gasteiger partial charge in [0.15, 0.2) is 11.5 Å². The number of aromatic nitrogens is 2. The molecule has 5 heterocycles. The van der Waals surface area contributed by atoms with Gasteiger partial charge in [0.2, 0.25) is 0 Å². The first-order valence-electron chi connectivity index (χ1n) is 40.4. The number of benzene rings is 17. The molecule has 4 spiro atoms. The van der Waals surface area contributed by atoms with Crippen molar-refractivity contribution in [1.29, 1.82) is 0 Å². The van der Waals surface area contributed by atoms with Crippen molar-refractivity contribution in [3.8, 4) is 78.9 Å². The van der Waals surface area contributed by atoms with E-state index in [1.54, 1.807) is 12.4 Å². The summed E-state index contributed by atoms with van der Waals surface area (Å²) < 4.78 is 12.8. The maximum Gasteiger partial charge on any atom is 0.187 e. The molecule has 0 amide bonds. The van der Waals surface area contributed by atoms with Gasteiger partial charge in [0, 0.05) is 74.9 Å². The lowest BCUT2D eigenvalue weighted by atomic mass is 9.66. The van der Waals surface area contributed by atoms with Crippen LogP contribution >= 0.6 is 69.9 Å². The zero-order valence-corrected chi connectivity index (χ0v) is 69.7.